The second-order valence-electron chi connectivity index (χ2n) is 4.62. The lowest BCUT2D eigenvalue weighted by atomic mass is 9.99. The standard InChI is InChI=1S/C13H14F2N2O2/c1-8-7-17(5-4-12(8)18)13(19)16-11-3-2-9(14)6-10(11)15/h2-3,6,8H,4-5,7H2,1H3,(H,16,19). The molecule has 0 radical (unpaired) electrons. The smallest absolute Gasteiger partial charge is 0.321 e. The molecule has 0 aliphatic carbocycles. The summed E-state index contributed by atoms with van der Waals surface area (Å²) in [7, 11) is 0. The van der Waals surface area contributed by atoms with Crippen molar-refractivity contribution in [3.63, 3.8) is 0 Å². The molecule has 1 saturated heterocycles. The van der Waals surface area contributed by atoms with Crippen LogP contribution in [0.25, 0.3) is 0 Å². The van der Waals surface area contributed by atoms with Crippen molar-refractivity contribution in [3.8, 4) is 0 Å². The number of ketones is 1. The van der Waals surface area contributed by atoms with Crippen LogP contribution in [0.15, 0.2) is 18.2 Å². The fraction of sp³-hybridized carbons (Fsp3) is 0.385. The minimum Gasteiger partial charge on any atom is -0.323 e. The maximum Gasteiger partial charge on any atom is 0.321 e. The first kappa shape index (κ1) is 13.5. The molecule has 1 heterocycles. The molecule has 4 nitrogen and oxygen atoms in total. The molecule has 0 aromatic heterocycles. The van der Waals surface area contributed by atoms with Gasteiger partial charge in [0.15, 0.2) is 0 Å². The van der Waals surface area contributed by atoms with E-state index in [-0.39, 0.29) is 17.4 Å². The molecular formula is C13H14F2N2O2. The molecule has 19 heavy (non-hydrogen) atoms. The van der Waals surface area contributed by atoms with Crippen molar-refractivity contribution < 1.29 is 18.4 Å². The maximum atomic E-state index is 13.4. The van der Waals surface area contributed by atoms with Gasteiger partial charge in [0, 0.05) is 31.5 Å². The Kier molecular flexibility index (Phi) is 3.78. The number of likely N-dealkylation sites (tertiary alicyclic amines) is 1. The first-order chi connectivity index (χ1) is 8.97. The van der Waals surface area contributed by atoms with E-state index < -0.39 is 17.7 Å². The Morgan fingerprint density at radius 2 is 2.16 bits per heavy atom. The van der Waals surface area contributed by atoms with Crippen molar-refractivity contribution in [1.82, 2.24) is 4.90 Å². The zero-order chi connectivity index (χ0) is 14.0. The van der Waals surface area contributed by atoms with Crippen molar-refractivity contribution in [2.45, 2.75) is 13.3 Å². The highest BCUT2D eigenvalue weighted by Gasteiger charge is 2.26. The number of Topliss-reactive ketones (excluding diaryl/α,β-unsaturated/α-hetero) is 1. The number of piperidine rings is 1. The van der Waals surface area contributed by atoms with E-state index >= 15 is 0 Å². The van der Waals surface area contributed by atoms with Gasteiger partial charge in [-0.1, -0.05) is 6.92 Å². The van der Waals surface area contributed by atoms with E-state index in [1.165, 1.54) is 11.0 Å². The second-order valence-corrected chi connectivity index (χ2v) is 4.62. The summed E-state index contributed by atoms with van der Waals surface area (Å²) in [6.45, 7) is 2.38. The summed E-state index contributed by atoms with van der Waals surface area (Å²) in [5.41, 5.74) is -0.0732. The number of carbonyl (C=O) groups is 2. The lowest BCUT2D eigenvalue weighted by Gasteiger charge is -2.30. The van der Waals surface area contributed by atoms with Gasteiger partial charge >= 0.3 is 6.03 Å². The SMILES string of the molecule is CC1CN(C(=O)Nc2ccc(F)cc2F)CCC1=O. The van der Waals surface area contributed by atoms with E-state index in [0.29, 0.717) is 25.6 Å². The second kappa shape index (κ2) is 5.34. The molecule has 1 N–H and O–H groups in total. The number of benzene rings is 1. The summed E-state index contributed by atoms with van der Waals surface area (Å²) in [5.74, 6) is -1.61. The Hall–Kier alpha value is -1.98. The number of carbonyl (C=O) groups excluding carboxylic acids is 2. The molecule has 0 bridgehead atoms. The Morgan fingerprint density at radius 3 is 2.79 bits per heavy atom. The minimum absolute atomic E-state index is 0.0732. The molecule has 2 amide bonds. The van der Waals surface area contributed by atoms with Crippen LogP contribution >= 0.6 is 0 Å². The third kappa shape index (κ3) is 3.07. The predicted molar refractivity (Wildman–Crippen MR) is 65.7 cm³/mol. The molecule has 1 aromatic rings. The van der Waals surface area contributed by atoms with Gasteiger partial charge in [-0.05, 0) is 12.1 Å². The van der Waals surface area contributed by atoms with Gasteiger partial charge in [-0.25, -0.2) is 13.6 Å². The van der Waals surface area contributed by atoms with Gasteiger partial charge in [0.1, 0.15) is 17.4 Å². The Balaban J connectivity index is 2.03. The maximum absolute atomic E-state index is 13.4. The van der Waals surface area contributed by atoms with Crippen molar-refractivity contribution in [2.24, 2.45) is 5.92 Å². The third-order valence-corrected chi connectivity index (χ3v) is 3.13. The molecule has 2 rings (SSSR count). The lowest BCUT2D eigenvalue weighted by molar-refractivity contribution is -0.124. The highest BCUT2D eigenvalue weighted by molar-refractivity contribution is 5.91. The van der Waals surface area contributed by atoms with E-state index in [9.17, 15) is 18.4 Å². The van der Waals surface area contributed by atoms with Crippen molar-refractivity contribution in [2.75, 3.05) is 18.4 Å². The molecule has 1 aliphatic rings. The minimum atomic E-state index is -0.825. The number of rotatable bonds is 1. The fourth-order valence-electron chi connectivity index (χ4n) is 1.98. The molecule has 1 aliphatic heterocycles. The molecule has 1 fully saturated rings. The largest absolute Gasteiger partial charge is 0.323 e. The number of amides is 2. The van der Waals surface area contributed by atoms with Crippen LogP contribution in [0.5, 0.6) is 0 Å². The van der Waals surface area contributed by atoms with Crippen molar-refractivity contribution >= 4 is 17.5 Å². The van der Waals surface area contributed by atoms with Gasteiger partial charge in [-0.15, -0.1) is 0 Å². The molecule has 102 valence electrons. The monoisotopic (exact) mass is 268 g/mol. The Morgan fingerprint density at radius 1 is 1.42 bits per heavy atom. The van der Waals surface area contributed by atoms with Crippen LogP contribution in [0, 0.1) is 17.6 Å². The van der Waals surface area contributed by atoms with Gasteiger partial charge < -0.3 is 10.2 Å². The van der Waals surface area contributed by atoms with Crippen LogP contribution in [0.1, 0.15) is 13.3 Å². The van der Waals surface area contributed by atoms with Gasteiger partial charge in [0.2, 0.25) is 0 Å². The van der Waals surface area contributed by atoms with E-state index in [0.717, 1.165) is 6.07 Å². The van der Waals surface area contributed by atoms with Crippen LogP contribution in [0.4, 0.5) is 19.3 Å². The van der Waals surface area contributed by atoms with E-state index in [1.54, 1.807) is 6.92 Å². The van der Waals surface area contributed by atoms with Crippen molar-refractivity contribution in [1.29, 1.82) is 0 Å². The quantitative estimate of drug-likeness (QED) is 0.850. The number of urea groups is 1. The molecule has 6 heteroatoms. The zero-order valence-electron chi connectivity index (χ0n) is 10.5. The Labute approximate surface area is 109 Å². The Bertz CT molecular complexity index is 519. The highest BCUT2D eigenvalue weighted by Crippen LogP contribution is 2.17. The number of anilines is 1. The topological polar surface area (TPSA) is 49.4 Å². The molecule has 1 atom stereocenters. The average molecular weight is 268 g/mol. The number of hydrogen-bond acceptors (Lipinski definition) is 2. The van der Waals surface area contributed by atoms with E-state index in [1.807, 2.05) is 0 Å². The van der Waals surface area contributed by atoms with Crippen LogP contribution in [-0.2, 0) is 4.79 Å². The first-order valence-corrected chi connectivity index (χ1v) is 6.01. The molecule has 1 aromatic carbocycles. The average Bonchev–Trinajstić information content (AvgIpc) is 2.36. The van der Waals surface area contributed by atoms with Crippen LogP contribution in [0.2, 0.25) is 0 Å². The lowest BCUT2D eigenvalue weighted by Crippen LogP contribution is -2.45. The third-order valence-electron chi connectivity index (χ3n) is 3.13. The van der Waals surface area contributed by atoms with E-state index in [4.69, 9.17) is 0 Å². The predicted octanol–water partition coefficient (Wildman–Crippen LogP) is 2.41. The summed E-state index contributed by atoms with van der Waals surface area (Å²) >= 11 is 0. The van der Waals surface area contributed by atoms with Gasteiger partial charge in [-0.3, -0.25) is 4.79 Å². The fourth-order valence-corrected chi connectivity index (χ4v) is 1.98. The van der Waals surface area contributed by atoms with Crippen LogP contribution in [-0.4, -0.2) is 29.8 Å². The number of nitrogens with one attached hydrogen (secondary N) is 1. The molecule has 0 saturated carbocycles. The van der Waals surface area contributed by atoms with Gasteiger partial charge in [0.25, 0.3) is 0 Å². The van der Waals surface area contributed by atoms with Crippen molar-refractivity contribution in [3.05, 3.63) is 29.8 Å². The van der Waals surface area contributed by atoms with Crippen LogP contribution < -0.4 is 5.32 Å². The number of hydrogen-bond donors (Lipinski definition) is 1. The van der Waals surface area contributed by atoms with E-state index in [2.05, 4.69) is 5.32 Å². The highest BCUT2D eigenvalue weighted by atomic mass is 19.1. The summed E-state index contributed by atoms with van der Waals surface area (Å²) < 4.78 is 26.1. The summed E-state index contributed by atoms with van der Waals surface area (Å²) in [6.07, 6.45) is 0.306. The number of halogens is 2. The summed E-state index contributed by atoms with van der Waals surface area (Å²) in [5, 5.41) is 2.38. The first-order valence-electron chi connectivity index (χ1n) is 6.01. The van der Waals surface area contributed by atoms with Gasteiger partial charge in [-0.2, -0.15) is 0 Å². The zero-order valence-corrected chi connectivity index (χ0v) is 10.5. The van der Waals surface area contributed by atoms with Gasteiger partial charge in [0.05, 0.1) is 5.69 Å². The molecule has 1 unspecified atom stereocenters. The summed E-state index contributed by atoms with van der Waals surface area (Å²) in [6, 6.07) is 2.46. The molecular weight excluding hydrogens is 254 g/mol. The number of nitrogens with zero attached hydrogens (tertiary/aromatic N) is 1. The van der Waals surface area contributed by atoms with Crippen LogP contribution in [0.3, 0.4) is 0 Å². The molecule has 0 spiro atoms. The normalized spacial score (nSPS) is 19.4. The summed E-state index contributed by atoms with van der Waals surface area (Å²) in [4.78, 5) is 24.7.